The molecule has 0 unspecified atom stereocenters. The first-order valence-electron chi connectivity index (χ1n) is 7.04. The van der Waals surface area contributed by atoms with Gasteiger partial charge in [-0.2, -0.15) is 4.98 Å². The molecule has 0 aliphatic heterocycles. The molecular weight excluding hydrogens is 326 g/mol. The lowest BCUT2D eigenvalue weighted by Gasteiger charge is -1.98. The van der Waals surface area contributed by atoms with E-state index in [4.69, 9.17) is 9.26 Å². The van der Waals surface area contributed by atoms with Gasteiger partial charge in [0.25, 0.3) is 5.89 Å². The Labute approximate surface area is 141 Å². The Morgan fingerprint density at radius 3 is 2.67 bits per heavy atom. The Bertz CT molecular complexity index is 950. The molecule has 0 N–H and O–H groups in total. The first kappa shape index (κ1) is 14.5. The van der Waals surface area contributed by atoms with Crippen LogP contribution in [-0.4, -0.2) is 32.2 Å². The summed E-state index contributed by atoms with van der Waals surface area (Å²) in [4.78, 5) is 17.2. The van der Waals surface area contributed by atoms with Gasteiger partial charge in [0.1, 0.15) is 22.1 Å². The molecule has 4 aromatic rings. The number of thiazole rings is 1. The van der Waals surface area contributed by atoms with E-state index in [-0.39, 0.29) is 0 Å². The maximum absolute atomic E-state index is 5.33. The largest absolute Gasteiger partial charge is 0.497 e. The third-order valence-corrected chi connectivity index (χ3v) is 4.14. The Balaban J connectivity index is 1.62. The van der Waals surface area contributed by atoms with Gasteiger partial charge in [0, 0.05) is 23.3 Å². The van der Waals surface area contributed by atoms with Gasteiger partial charge in [0.15, 0.2) is 0 Å². The molecule has 118 valence electrons. The number of benzene rings is 1. The molecule has 7 nitrogen and oxygen atoms in total. The van der Waals surface area contributed by atoms with E-state index >= 15 is 0 Å². The van der Waals surface area contributed by atoms with Crippen LogP contribution in [0, 0.1) is 0 Å². The Morgan fingerprint density at radius 1 is 1.04 bits per heavy atom. The second kappa shape index (κ2) is 6.17. The van der Waals surface area contributed by atoms with Crippen LogP contribution >= 0.6 is 11.3 Å². The lowest BCUT2D eigenvalue weighted by atomic mass is 10.2. The van der Waals surface area contributed by atoms with Crippen LogP contribution in [0.2, 0.25) is 0 Å². The fourth-order valence-corrected chi connectivity index (χ4v) is 2.84. The molecule has 3 aromatic heterocycles. The van der Waals surface area contributed by atoms with Crippen LogP contribution < -0.4 is 4.74 Å². The van der Waals surface area contributed by atoms with Crippen molar-refractivity contribution in [3.05, 3.63) is 48.2 Å². The molecule has 24 heavy (non-hydrogen) atoms. The van der Waals surface area contributed by atoms with Crippen molar-refractivity contribution in [1.29, 1.82) is 0 Å². The van der Waals surface area contributed by atoms with E-state index in [2.05, 4.69) is 25.1 Å². The molecule has 0 atom stereocenters. The Kier molecular flexibility index (Phi) is 3.72. The lowest BCUT2D eigenvalue weighted by Crippen LogP contribution is -1.85. The van der Waals surface area contributed by atoms with Gasteiger partial charge in [-0.3, -0.25) is 9.97 Å². The van der Waals surface area contributed by atoms with Crippen molar-refractivity contribution < 1.29 is 9.26 Å². The highest BCUT2D eigenvalue weighted by Crippen LogP contribution is 2.28. The number of hydrogen-bond donors (Lipinski definition) is 0. The first-order valence-corrected chi connectivity index (χ1v) is 7.92. The SMILES string of the molecule is COc1ccc(-c2noc(-c3csc(-c4cnccn4)n3)n2)cc1. The highest BCUT2D eigenvalue weighted by Gasteiger charge is 2.15. The van der Waals surface area contributed by atoms with E-state index in [0.29, 0.717) is 23.1 Å². The summed E-state index contributed by atoms with van der Waals surface area (Å²) in [7, 11) is 1.62. The van der Waals surface area contributed by atoms with E-state index < -0.39 is 0 Å². The van der Waals surface area contributed by atoms with Gasteiger partial charge in [-0.05, 0) is 24.3 Å². The van der Waals surface area contributed by atoms with Crippen LogP contribution in [0.15, 0.2) is 52.8 Å². The summed E-state index contributed by atoms with van der Waals surface area (Å²) < 4.78 is 10.5. The smallest absolute Gasteiger partial charge is 0.277 e. The van der Waals surface area contributed by atoms with Gasteiger partial charge in [-0.1, -0.05) is 5.16 Å². The monoisotopic (exact) mass is 337 g/mol. The number of hydrogen-bond acceptors (Lipinski definition) is 8. The standard InChI is InChI=1S/C16H11N5O2S/c1-22-11-4-2-10(3-5-11)14-20-15(23-21-14)13-9-24-16(19-13)12-8-17-6-7-18-12/h2-9H,1H3. The molecule has 0 amide bonds. The summed E-state index contributed by atoms with van der Waals surface area (Å²) in [5.41, 5.74) is 2.17. The van der Waals surface area contributed by atoms with Crippen LogP contribution in [0.25, 0.3) is 33.7 Å². The number of ether oxygens (including phenoxy) is 1. The van der Waals surface area contributed by atoms with E-state index in [0.717, 1.165) is 16.3 Å². The molecule has 1 aromatic carbocycles. The number of methoxy groups -OCH3 is 1. The molecule has 0 aliphatic carbocycles. The predicted molar refractivity (Wildman–Crippen MR) is 88.4 cm³/mol. The van der Waals surface area contributed by atoms with Crippen molar-refractivity contribution >= 4 is 11.3 Å². The first-order chi connectivity index (χ1) is 11.8. The van der Waals surface area contributed by atoms with Crippen molar-refractivity contribution in [1.82, 2.24) is 25.1 Å². The molecular formula is C16H11N5O2S. The zero-order valence-corrected chi connectivity index (χ0v) is 13.4. The third-order valence-electron chi connectivity index (χ3n) is 3.28. The molecule has 0 radical (unpaired) electrons. The van der Waals surface area contributed by atoms with Crippen molar-refractivity contribution in [2.24, 2.45) is 0 Å². The lowest BCUT2D eigenvalue weighted by molar-refractivity contribution is 0.414. The summed E-state index contributed by atoms with van der Waals surface area (Å²) in [5, 5.41) is 6.62. The maximum Gasteiger partial charge on any atom is 0.277 e. The molecule has 0 bridgehead atoms. The molecule has 0 fully saturated rings. The second-order valence-electron chi connectivity index (χ2n) is 4.78. The summed E-state index contributed by atoms with van der Waals surface area (Å²) in [6, 6.07) is 7.44. The zero-order chi connectivity index (χ0) is 16.4. The molecule has 3 heterocycles. The summed E-state index contributed by atoms with van der Waals surface area (Å²) in [6.07, 6.45) is 4.92. The second-order valence-corrected chi connectivity index (χ2v) is 5.64. The van der Waals surface area contributed by atoms with E-state index in [1.165, 1.54) is 11.3 Å². The maximum atomic E-state index is 5.33. The van der Waals surface area contributed by atoms with Crippen molar-refractivity contribution in [2.75, 3.05) is 7.11 Å². The van der Waals surface area contributed by atoms with Crippen LogP contribution in [0.5, 0.6) is 5.75 Å². The van der Waals surface area contributed by atoms with Gasteiger partial charge in [-0.15, -0.1) is 11.3 Å². The Morgan fingerprint density at radius 2 is 1.92 bits per heavy atom. The quantitative estimate of drug-likeness (QED) is 0.564. The van der Waals surface area contributed by atoms with E-state index in [9.17, 15) is 0 Å². The summed E-state index contributed by atoms with van der Waals surface area (Å²) in [6.45, 7) is 0. The minimum atomic E-state index is 0.368. The third kappa shape index (κ3) is 2.74. The highest BCUT2D eigenvalue weighted by molar-refractivity contribution is 7.13. The highest BCUT2D eigenvalue weighted by atomic mass is 32.1. The van der Waals surface area contributed by atoms with Gasteiger partial charge < -0.3 is 9.26 Å². The van der Waals surface area contributed by atoms with Crippen molar-refractivity contribution in [3.63, 3.8) is 0 Å². The Hall–Kier alpha value is -3.13. The van der Waals surface area contributed by atoms with E-state index in [1.807, 2.05) is 29.6 Å². The number of nitrogens with zero attached hydrogens (tertiary/aromatic N) is 5. The van der Waals surface area contributed by atoms with Crippen LogP contribution in [0.4, 0.5) is 0 Å². The van der Waals surface area contributed by atoms with Gasteiger partial charge in [-0.25, -0.2) is 4.98 Å². The molecule has 8 heteroatoms. The van der Waals surface area contributed by atoms with Crippen molar-refractivity contribution in [3.8, 4) is 39.4 Å². The molecule has 0 spiro atoms. The minimum absolute atomic E-state index is 0.368. The average molecular weight is 337 g/mol. The average Bonchev–Trinajstić information content (AvgIpc) is 3.32. The molecule has 0 saturated heterocycles. The fraction of sp³-hybridized carbons (Fsp3) is 0.0625. The minimum Gasteiger partial charge on any atom is -0.497 e. The van der Waals surface area contributed by atoms with Crippen LogP contribution in [0.1, 0.15) is 0 Å². The predicted octanol–water partition coefficient (Wildman–Crippen LogP) is 3.33. The van der Waals surface area contributed by atoms with Crippen molar-refractivity contribution in [2.45, 2.75) is 0 Å². The normalized spacial score (nSPS) is 10.7. The van der Waals surface area contributed by atoms with E-state index in [1.54, 1.807) is 25.7 Å². The number of rotatable bonds is 4. The van der Waals surface area contributed by atoms with Gasteiger partial charge in [0.05, 0.1) is 13.3 Å². The zero-order valence-electron chi connectivity index (χ0n) is 12.6. The van der Waals surface area contributed by atoms with Gasteiger partial charge >= 0.3 is 0 Å². The van der Waals surface area contributed by atoms with Gasteiger partial charge in [0.2, 0.25) is 5.82 Å². The summed E-state index contributed by atoms with van der Waals surface area (Å²) in [5.74, 6) is 1.64. The summed E-state index contributed by atoms with van der Waals surface area (Å²) >= 11 is 1.45. The van der Waals surface area contributed by atoms with Crippen LogP contribution in [-0.2, 0) is 0 Å². The molecule has 4 rings (SSSR count). The topological polar surface area (TPSA) is 86.8 Å². The fourth-order valence-electron chi connectivity index (χ4n) is 2.08. The molecule has 0 saturated carbocycles. The molecule has 0 aliphatic rings. The van der Waals surface area contributed by atoms with Crippen LogP contribution in [0.3, 0.4) is 0 Å². The number of aromatic nitrogens is 5.